The predicted molar refractivity (Wildman–Crippen MR) is 94.7 cm³/mol. The number of cyclic esters (lactones) is 1. The number of halogens is 1. The molecule has 2 aromatic heterocycles. The van der Waals surface area contributed by atoms with E-state index in [0.717, 1.165) is 0 Å². The summed E-state index contributed by atoms with van der Waals surface area (Å²) in [5.41, 5.74) is 1.82. The number of ether oxygens (including phenoxy) is 1. The number of imidazole rings is 1. The first kappa shape index (κ1) is 17.0. The van der Waals surface area contributed by atoms with E-state index in [1.165, 1.54) is 17.9 Å². The molecule has 1 N–H and O–H groups in total. The lowest BCUT2D eigenvalue weighted by Gasteiger charge is -2.14. The maximum absolute atomic E-state index is 14.7. The monoisotopic (exact) mass is 369 g/mol. The van der Waals surface area contributed by atoms with Crippen LogP contribution < -0.4 is 10.2 Å². The maximum Gasteiger partial charge on any atom is 0.414 e. The number of aromatic nitrogens is 3. The highest BCUT2D eigenvalue weighted by atomic mass is 19.1. The van der Waals surface area contributed by atoms with Gasteiger partial charge in [0.1, 0.15) is 11.9 Å². The van der Waals surface area contributed by atoms with Crippen molar-refractivity contribution in [3.8, 4) is 11.3 Å². The van der Waals surface area contributed by atoms with E-state index < -0.39 is 18.0 Å². The quantitative estimate of drug-likeness (QED) is 0.760. The molecular weight excluding hydrogens is 353 g/mol. The van der Waals surface area contributed by atoms with Gasteiger partial charge in [-0.25, -0.2) is 14.2 Å². The van der Waals surface area contributed by atoms with E-state index in [4.69, 9.17) is 4.74 Å². The number of benzene rings is 1. The lowest BCUT2D eigenvalue weighted by atomic mass is 10.1. The van der Waals surface area contributed by atoms with Crippen LogP contribution in [0.4, 0.5) is 14.9 Å². The van der Waals surface area contributed by atoms with Crippen molar-refractivity contribution < 1.29 is 18.7 Å². The van der Waals surface area contributed by atoms with E-state index >= 15 is 0 Å². The van der Waals surface area contributed by atoms with Gasteiger partial charge in [0.15, 0.2) is 5.65 Å². The van der Waals surface area contributed by atoms with Crippen molar-refractivity contribution in [1.82, 2.24) is 19.7 Å². The Labute approximate surface area is 153 Å². The molecule has 0 spiro atoms. The summed E-state index contributed by atoms with van der Waals surface area (Å²) in [6.07, 6.45) is 5.59. The average molecular weight is 369 g/mol. The molecule has 1 fully saturated rings. The Morgan fingerprint density at radius 3 is 3.04 bits per heavy atom. The molecule has 1 aliphatic rings. The molecule has 2 amide bonds. The third kappa shape index (κ3) is 3.31. The number of carbonyl (C=O) groups excluding carboxylic acids is 2. The first-order chi connectivity index (χ1) is 13.0. The van der Waals surface area contributed by atoms with Gasteiger partial charge in [0.2, 0.25) is 5.91 Å². The summed E-state index contributed by atoms with van der Waals surface area (Å²) < 4.78 is 21.6. The molecule has 1 aromatic carbocycles. The second-order valence-corrected chi connectivity index (χ2v) is 6.18. The number of anilines is 1. The van der Waals surface area contributed by atoms with Crippen molar-refractivity contribution in [2.45, 2.75) is 13.0 Å². The van der Waals surface area contributed by atoms with Gasteiger partial charge in [-0.1, -0.05) is 0 Å². The molecule has 0 radical (unpaired) electrons. The minimum absolute atomic E-state index is 0.206. The predicted octanol–water partition coefficient (Wildman–Crippen LogP) is 2.00. The summed E-state index contributed by atoms with van der Waals surface area (Å²) >= 11 is 0. The molecule has 9 heteroatoms. The summed E-state index contributed by atoms with van der Waals surface area (Å²) in [6, 6.07) is 4.49. The van der Waals surface area contributed by atoms with E-state index in [9.17, 15) is 14.0 Å². The molecule has 0 saturated carbocycles. The smallest absolute Gasteiger partial charge is 0.414 e. The summed E-state index contributed by atoms with van der Waals surface area (Å²) in [5.74, 6) is -0.708. The van der Waals surface area contributed by atoms with Crippen molar-refractivity contribution in [3.63, 3.8) is 0 Å². The second kappa shape index (κ2) is 6.67. The fraction of sp³-hybridized carbons (Fsp3) is 0.222. The molecule has 3 heterocycles. The summed E-state index contributed by atoms with van der Waals surface area (Å²) in [5, 5.41) is 2.60. The molecule has 0 unspecified atom stereocenters. The summed E-state index contributed by atoms with van der Waals surface area (Å²) in [6.45, 7) is 1.84. The minimum atomic E-state index is -0.574. The third-order valence-corrected chi connectivity index (χ3v) is 4.27. The van der Waals surface area contributed by atoms with Gasteiger partial charge in [0.05, 0.1) is 30.7 Å². The number of nitrogens with one attached hydrogen (secondary N) is 1. The number of hydrogen-bond acceptors (Lipinski definition) is 5. The SMILES string of the molecule is CC(=O)NC[C@H]1CN(c2ccc(-c3cn4ccnc4cn3)c(F)c2)C(=O)O1. The largest absolute Gasteiger partial charge is 0.442 e. The third-order valence-electron chi connectivity index (χ3n) is 4.27. The Balaban J connectivity index is 1.56. The van der Waals surface area contributed by atoms with Crippen LogP contribution in [0.2, 0.25) is 0 Å². The number of fused-ring (bicyclic) bond motifs is 1. The molecule has 1 atom stereocenters. The van der Waals surface area contributed by atoms with Crippen molar-refractivity contribution in [3.05, 3.63) is 48.8 Å². The Morgan fingerprint density at radius 2 is 2.26 bits per heavy atom. The van der Waals surface area contributed by atoms with Crippen LogP contribution in [-0.2, 0) is 9.53 Å². The second-order valence-electron chi connectivity index (χ2n) is 6.18. The standard InChI is InChI=1S/C18H16FN5O3/c1-11(25)21-7-13-9-24(18(26)27-13)12-2-3-14(15(19)6-12)16-10-23-5-4-20-17(23)8-22-16/h2-6,8,10,13H,7,9H2,1H3,(H,21,25)/t13-/m0/s1. The average Bonchev–Trinajstić information content (AvgIpc) is 3.25. The van der Waals surface area contributed by atoms with E-state index in [-0.39, 0.29) is 19.0 Å². The van der Waals surface area contributed by atoms with Crippen molar-refractivity contribution in [2.75, 3.05) is 18.0 Å². The van der Waals surface area contributed by atoms with Crippen LogP contribution in [-0.4, -0.2) is 45.6 Å². The van der Waals surface area contributed by atoms with E-state index in [1.54, 1.807) is 41.3 Å². The number of rotatable bonds is 4. The molecule has 1 saturated heterocycles. The first-order valence-electron chi connectivity index (χ1n) is 8.32. The van der Waals surface area contributed by atoms with Crippen LogP contribution >= 0.6 is 0 Å². The Kier molecular flexibility index (Phi) is 4.19. The van der Waals surface area contributed by atoms with Gasteiger partial charge in [-0.2, -0.15) is 0 Å². The van der Waals surface area contributed by atoms with E-state index in [1.807, 2.05) is 0 Å². The van der Waals surface area contributed by atoms with Gasteiger partial charge in [0.25, 0.3) is 0 Å². The molecule has 8 nitrogen and oxygen atoms in total. The summed E-state index contributed by atoms with van der Waals surface area (Å²) in [4.78, 5) is 32.7. The van der Waals surface area contributed by atoms with Gasteiger partial charge in [0, 0.05) is 31.1 Å². The summed E-state index contributed by atoms with van der Waals surface area (Å²) in [7, 11) is 0. The molecule has 27 heavy (non-hydrogen) atoms. The molecular formula is C18H16FN5O3. The number of nitrogens with zero attached hydrogens (tertiary/aromatic N) is 4. The highest BCUT2D eigenvalue weighted by Gasteiger charge is 2.32. The van der Waals surface area contributed by atoms with Crippen LogP contribution in [0, 0.1) is 5.82 Å². The Bertz CT molecular complexity index is 1030. The molecule has 0 bridgehead atoms. The molecule has 0 aliphatic carbocycles. The zero-order valence-corrected chi connectivity index (χ0v) is 14.4. The molecule has 4 rings (SSSR count). The lowest BCUT2D eigenvalue weighted by molar-refractivity contribution is -0.119. The fourth-order valence-corrected chi connectivity index (χ4v) is 2.94. The first-order valence-corrected chi connectivity index (χ1v) is 8.32. The lowest BCUT2D eigenvalue weighted by Crippen LogP contribution is -2.33. The number of hydrogen-bond donors (Lipinski definition) is 1. The van der Waals surface area contributed by atoms with Crippen LogP contribution in [0.1, 0.15) is 6.92 Å². The highest BCUT2D eigenvalue weighted by molar-refractivity contribution is 5.90. The van der Waals surface area contributed by atoms with Gasteiger partial charge < -0.3 is 14.5 Å². The van der Waals surface area contributed by atoms with Crippen molar-refractivity contribution in [2.24, 2.45) is 0 Å². The minimum Gasteiger partial charge on any atom is -0.442 e. The normalized spacial score (nSPS) is 16.6. The van der Waals surface area contributed by atoms with Crippen LogP contribution in [0.25, 0.3) is 16.9 Å². The van der Waals surface area contributed by atoms with Crippen LogP contribution in [0.5, 0.6) is 0 Å². The van der Waals surface area contributed by atoms with Gasteiger partial charge in [-0.05, 0) is 18.2 Å². The Morgan fingerprint density at radius 1 is 1.41 bits per heavy atom. The van der Waals surface area contributed by atoms with Gasteiger partial charge in [-0.3, -0.25) is 14.7 Å². The fourth-order valence-electron chi connectivity index (χ4n) is 2.94. The Hall–Kier alpha value is -3.49. The highest BCUT2D eigenvalue weighted by Crippen LogP contribution is 2.28. The van der Waals surface area contributed by atoms with Gasteiger partial charge >= 0.3 is 6.09 Å². The molecule has 138 valence electrons. The topological polar surface area (TPSA) is 88.8 Å². The van der Waals surface area contributed by atoms with Gasteiger partial charge in [-0.15, -0.1) is 0 Å². The van der Waals surface area contributed by atoms with Crippen LogP contribution in [0.3, 0.4) is 0 Å². The number of carbonyl (C=O) groups is 2. The zero-order chi connectivity index (χ0) is 19.0. The zero-order valence-electron chi connectivity index (χ0n) is 14.4. The van der Waals surface area contributed by atoms with Crippen molar-refractivity contribution in [1.29, 1.82) is 0 Å². The van der Waals surface area contributed by atoms with E-state index in [0.29, 0.717) is 22.6 Å². The molecule has 3 aromatic rings. The van der Waals surface area contributed by atoms with Crippen LogP contribution in [0.15, 0.2) is 43.0 Å². The maximum atomic E-state index is 14.7. The number of amides is 2. The van der Waals surface area contributed by atoms with E-state index in [2.05, 4.69) is 15.3 Å². The van der Waals surface area contributed by atoms with Crippen molar-refractivity contribution >= 4 is 23.3 Å². The molecule has 1 aliphatic heterocycles.